The number of alkyl halides is 6. The molecule has 0 saturated carbocycles. The summed E-state index contributed by atoms with van der Waals surface area (Å²) in [6, 6.07) is 25.4. The van der Waals surface area contributed by atoms with E-state index in [1.54, 1.807) is 29.2 Å². The van der Waals surface area contributed by atoms with Crippen molar-refractivity contribution < 1.29 is 44.7 Å². The van der Waals surface area contributed by atoms with Crippen molar-refractivity contribution in [2.24, 2.45) is 16.1 Å². The van der Waals surface area contributed by atoms with E-state index < -0.39 is 52.9 Å². The van der Waals surface area contributed by atoms with E-state index in [0.29, 0.717) is 18.8 Å². The van der Waals surface area contributed by atoms with Gasteiger partial charge in [0.05, 0.1) is 34.1 Å². The van der Waals surface area contributed by atoms with Gasteiger partial charge in [0.25, 0.3) is 11.8 Å². The average Bonchev–Trinajstić information content (AvgIpc) is 4.15. The molecule has 71 heavy (non-hydrogen) atoms. The maximum absolute atomic E-state index is 14.3. The fourth-order valence-electron chi connectivity index (χ4n) is 9.02. The number of carbonyl (C=O) groups is 2. The monoisotopic (exact) mass is 1210 g/mol. The molecule has 1 N–H and O–H groups in total. The number of nitriles is 2. The molecule has 0 spiro atoms. The van der Waals surface area contributed by atoms with Crippen LogP contribution in [-0.2, 0) is 9.59 Å². The number of carbonyl (C=O) groups excluding carboxylic acids is 2. The number of hydrogen-bond donors (Lipinski definition) is 1. The van der Waals surface area contributed by atoms with Gasteiger partial charge >= 0.3 is 12.4 Å². The molecule has 3 saturated heterocycles. The molecule has 0 aromatic heterocycles. The highest BCUT2D eigenvalue weighted by Crippen LogP contribution is 2.50. The van der Waals surface area contributed by atoms with Gasteiger partial charge in [-0.3, -0.25) is 19.9 Å². The average molecular weight is 1210 g/mol. The number of anilines is 4. The van der Waals surface area contributed by atoms with Crippen LogP contribution in [0.4, 0.5) is 57.9 Å². The summed E-state index contributed by atoms with van der Waals surface area (Å²) < 4.78 is 108. The van der Waals surface area contributed by atoms with Crippen LogP contribution in [0.2, 0.25) is 0 Å². The molecule has 2 amide bonds. The highest BCUT2D eigenvalue weighted by Gasteiger charge is 2.68. The molecule has 22 heteroatoms. The summed E-state index contributed by atoms with van der Waals surface area (Å²) >= 11 is 4.43. The van der Waals surface area contributed by atoms with E-state index in [2.05, 4.69) is 83.9 Å². The topological polar surface area (TPSA) is 135 Å². The number of piperidine rings is 1. The van der Waals surface area contributed by atoms with Crippen molar-refractivity contribution in [3.8, 4) is 12.1 Å². The van der Waals surface area contributed by atoms with Gasteiger partial charge in [-0.15, -0.1) is 0 Å². The van der Waals surface area contributed by atoms with E-state index >= 15 is 0 Å². The van der Waals surface area contributed by atoms with E-state index in [1.165, 1.54) is 33.4 Å². The van der Waals surface area contributed by atoms with Crippen LogP contribution in [-0.4, -0.2) is 90.3 Å². The third-order valence-corrected chi connectivity index (χ3v) is 13.9. The Morgan fingerprint density at radius 1 is 0.732 bits per heavy atom. The van der Waals surface area contributed by atoms with Gasteiger partial charge in [0, 0.05) is 57.8 Å². The minimum absolute atomic E-state index is 0.0510. The molecular formula is C49H44F8I2N10O2. The van der Waals surface area contributed by atoms with Crippen LogP contribution < -0.4 is 20.2 Å². The SMILES string of the molecule is C/C(=N\Nc1ccc(F)c(C#N)c1)C(F)(F)F.N#Cc1cc(N2N=C(C(F)(F)F)[C@@H]3CCN(c4ccc(I)cc4)C(=O)[C@@]32N2CCCC2)ccc1F.O=C1C(N2CCCC2)=CCCN1c1ccc(I)cc1. The van der Waals surface area contributed by atoms with Gasteiger partial charge < -0.3 is 14.7 Å². The number of likely N-dealkylation sites (tertiary alicyclic amines) is 2. The Kier molecular flexibility index (Phi) is 16.6. The largest absolute Gasteiger partial charge is 0.431 e. The number of nitrogens with zero attached hydrogens (tertiary/aromatic N) is 9. The van der Waals surface area contributed by atoms with E-state index in [9.17, 15) is 50.0 Å². The molecular weight excluding hydrogens is 1170 g/mol. The molecule has 0 aliphatic carbocycles. The lowest BCUT2D eigenvalue weighted by Crippen LogP contribution is -2.72. The lowest BCUT2D eigenvalue weighted by atomic mass is 9.79. The number of hydrogen-bond acceptors (Lipinski definition) is 10. The second kappa shape index (κ2) is 22.3. The highest BCUT2D eigenvalue weighted by molar-refractivity contribution is 14.1. The number of amides is 2. The summed E-state index contributed by atoms with van der Waals surface area (Å²) in [5.74, 6) is -3.12. The first-order valence-corrected chi connectivity index (χ1v) is 24.5. The predicted molar refractivity (Wildman–Crippen MR) is 269 cm³/mol. The minimum Gasteiger partial charge on any atom is -0.367 e. The Morgan fingerprint density at radius 3 is 1.83 bits per heavy atom. The summed E-state index contributed by atoms with van der Waals surface area (Å²) in [5.41, 5.74) is 0.312. The van der Waals surface area contributed by atoms with Gasteiger partial charge in [-0.05, 0) is 176 Å². The van der Waals surface area contributed by atoms with Crippen LogP contribution in [0.15, 0.2) is 107 Å². The number of benzene rings is 4. The van der Waals surface area contributed by atoms with Crippen LogP contribution >= 0.6 is 45.2 Å². The molecule has 9 rings (SSSR count). The quantitative estimate of drug-likeness (QED) is 0.0837. The molecule has 4 aromatic carbocycles. The Morgan fingerprint density at radius 2 is 1.27 bits per heavy atom. The zero-order valence-corrected chi connectivity index (χ0v) is 42.2. The van der Waals surface area contributed by atoms with Crippen molar-refractivity contribution >= 4 is 91.2 Å². The van der Waals surface area contributed by atoms with E-state index in [0.717, 1.165) is 90.0 Å². The van der Waals surface area contributed by atoms with Gasteiger partial charge in [0.15, 0.2) is 0 Å². The Balaban J connectivity index is 0.000000173. The maximum Gasteiger partial charge on any atom is 0.431 e. The van der Waals surface area contributed by atoms with Gasteiger partial charge in [-0.25, -0.2) is 13.8 Å². The van der Waals surface area contributed by atoms with E-state index in [4.69, 9.17) is 5.26 Å². The number of nitrogens with one attached hydrogen (secondary N) is 1. The van der Waals surface area contributed by atoms with Crippen molar-refractivity contribution in [3.05, 3.63) is 127 Å². The summed E-state index contributed by atoms with van der Waals surface area (Å²) in [6.07, 6.45) is -2.31. The molecule has 5 heterocycles. The fraction of sp³-hybridized carbons (Fsp3) is 0.347. The lowest BCUT2D eigenvalue weighted by Gasteiger charge is -2.51. The first-order valence-electron chi connectivity index (χ1n) is 22.4. The number of fused-ring (bicyclic) bond motifs is 1. The number of halogens is 10. The van der Waals surface area contributed by atoms with Crippen LogP contribution in [0.5, 0.6) is 0 Å². The summed E-state index contributed by atoms with van der Waals surface area (Å²) in [5, 5.41) is 26.0. The summed E-state index contributed by atoms with van der Waals surface area (Å²) in [6.45, 7) is 4.59. The molecule has 12 nitrogen and oxygen atoms in total. The number of rotatable bonds is 7. The lowest BCUT2D eigenvalue weighted by molar-refractivity contribution is -0.134. The maximum atomic E-state index is 14.3. The molecule has 2 atom stereocenters. The Bertz CT molecular complexity index is 2800. The van der Waals surface area contributed by atoms with Crippen LogP contribution in [0.3, 0.4) is 0 Å². The third kappa shape index (κ3) is 11.6. The zero-order chi connectivity index (χ0) is 51.3. The van der Waals surface area contributed by atoms with Gasteiger partial charge in [0.2, 0.25) is 5.66 Å². The minimum atomic E-state index is -4.76. The smallest absolute Gasteiger partial charge is 0.367 e. The Hall–Kier alpha value is -5.86. The molecule has 5 aliphatic rings. The second-order valence-electron chi connectivity index (χ2n) is 16.9. The fourth-order valence-corrected chi connectivity index (χ4v) is 9.74. The zero-order valence-electron chi connectivity index (χ0n) is 37.8. The van der Waals surface area contributed by atoms with Crippen LogP contribution in [0.1, 0.15) is 56.6 Å². The van der Waals surface area contributed by atoms with Gasteiger partial charge in [0.1, 0.15) is 35.2 Å². The predicted octanol–water partition coefficient (Wildman–Crippen LogP) is 10.9. The van der Waals surface area contributed by atoms with Crippen molar-refractivity contribution in [2.45, 2.75) is 63.5 Å². The van der Waals surface area contributed by atoms with Crippen LogP contribution in [0.25, 0.3) is 0 Å². The van der Waals surface area contributed by atoms with Crippen molar-refractivity contribution in [3.63, 3.8) is 0 Å². The third-order valence-electron chi connectivity index (χ3n) is 12.5. The van der Waals surface area contributed by atoms with E-state index in [-0.39, 0.29) is 41.4 Å². The molecule has 0 radical (unpaired) electrons. The first kappa shape index (κ1) is 53.0. The van der Waals surface area contributed by atoms with Crippen molar-refractivity contribution in [1.82, 2.24) is 9.80 Å². The standard InChI is InChI=1S/C24H20F4IN5O.C15H17IN2O.C10H7F4N3/c25-20-8-7-18(13-15(20)14-30)34-23(32-10-1-2-11-32)19(21(31-34)24(26,27)28)9-12-33(22(23)35)17-5-3-16(29)4-6-17;16-12-5-7-13(8-6-12)18-11-3-4-14(15(18)19)17-9-1-2-10-17;1-6(10(12,13)14)16-17-8-2-3-9(11)7(4-8)5-15/h3-8,13,19H,1-2,9-12H2;4-8H,1-3,9-11H2;2-4,17H,1H3/b;;16-6+/t19-,23+;;/m0../s1. The molecule has 4 aromatic rings. The van der Waals surface area contributed by atoms with Gasteiger partial charge in [-0.2, -0.15) is 47.1 Å². The molecule has 372 valence electrons. The molecule has 0 unspecified atom stereocenters. The van der Waals surface area contributed by atoms with Gasteiger partial charge in [-0.1, -0.05) is 6.08 Å². The van der Waals surface area contributed by atoms with Crippen molar-refractivity contribution in [1.29, 1.82) is 10.5 Å². The first-order chi connectivity index (χ1) is 33.8. The summed E-state index contributed by atoms with van der Waals surface area (Å²) in [4.78, 5) is 34.4. The Labute approximate surface area is 431 Å². The molecule has 3 fully saturated rings. The van der Waals surface area contributed by atoms with E-state index in [1.807, 2.05) is 29.2 Å². The normalized spacial score (nSPS) is 20.5. The highest BCUT2D eigenvalue weighted by atomic mass is 127. The number of hydrazone groups is 2. The summed E-state index contributed by atoms with van der Waals surface area (Å²) in [7, 11) is 0. The molecule has 0 bridgehead atoms. The van der Waals surface area contributed by atoms with Crippen molar-refractivity contribution in [2.75, 3.05) is 59.5 Å². The second-order valence-corrected chi connectivity index (χ2v) is 19.4. The molecule has 5 aliphatic heterocycles. The van der Waals surface area contributed by atoms with Crippen LogP contribution in [0, 0.1) is 47.4 Å².